The number of rotatable bonds is 6. The van der Waals surface area contributed by atoms with Crippen molar-refractivity contribution in [2.45, 2.75) is 24.6 Å². The SMILES string of the molecule is CC(C)(CN)SSCC(N)C(=O)O. The fraction of sp³-hybridized carbons (Fsp3) is 0.857. The van der Waals surface area contributed by atoms with Crippen molar-refractivity contribution in [2.24, 2.45) is 11.5 Å². The molecule has 0 spiro atoms. The van der Waals surface area contributed by atoms with Gasteiger partial charge in [-0.05, 0) is 13.8 Å². The van der Waals surface area contributed by atoms with Crippen molar-refractivity contribution < 1.29 is 9.90 Å². The number of carboxylic acid groups (broad SMARTS) is 1. The molecule has 5 N–H and O–H groups in total. The molecule has 1 atom stereocenters. The monoisotopic (exact) mass is 224 g/mol. The third kappa shape index (κ3) is 6.20. The summed E-state index contributed by atoms with van der Waals surface area (Å²) in [6.07, 6.45) is 0. The van der Waals surface area contributed by atoms with Crippen LogP contribution in [0.25, 0.3) is 0 Å². The lowest BCUT2D eigenvalue weighted by Crippen LogP contribution is -2.33. The minimum Gasteiger partial charge on any atom is -0.480 e. The van der Waals surface area contributed by atoms with E-state index in [-0.39, 0.29) is 4.75 Å². The first-order valence-corrected chi connectivity index (χ1v) is 6.20. The van der Waals surface area contributed by atoms with E-state index >= 15 is 0 Å². The lowest BCUT2D eigenvalue weighted by Gasteiger charge is -2.20. The second kappa shape index (κ2) is 5.74. The van der Waals surface area contributed by atoms with Gasteiger partial charge in [0.2, 0.25) is 0 Å². The molecular weight excluding hydrogens is 208 g/mol. The number of carboxylic acids is 1. The van der Waals surface area contributed by atoms with Crippen LogP contribution in [0.3, 0.4) is 0 Å². The van der Waals surface area contributed by atoms with Crippen molar-refractivity contribution >= 4 is 27.6 Å². The summed E-state index contributed by atoms with van der Waals surface area (Å²) in [5.41, 5.74) is 10.8. The normalized spacial score (nSPS) is 14.2. The molecule has 0 rings (SSSR count). The van der Waals surface area contributed by atoms with Crippen LogP contribution in [-0.2, 0) is 4.79 Å². The van der Waals surface area contributed by atoms with E-state index in [1.54, 1.807) is 10.8 Å². The first kappa shape index (κ1) is 13.1. The second-order valence-corrected chi connectivity index (χ2v) is 6.32. The first-order chi connectivity index (χ1) is 5.89. The Morgan fingerprint density at radius 1 is 1.62 bits per heavy atom. The highest BCUT2D eigenvalue weighted by atomic mass is 33.1. The van der Waals surface area contributed by atoms with E-state index < -0.39 is 12.0 Å². The lowest BCUT2D eigenvalue weighted by molar-refractivity contribution is -0.137. The molecule has 13 heavy (non-hydrogen) atoms. The second-order valence-electron chi connectivity index (χ2n) is 3.28. The largest absolute Gasteiger partial charge is 0.480 e. The fourth-order valence-corrected chi connectivity index (χ4v) is 2.92. The summed E-state index contributed by atoms with van der Waals surface area (Å²) in [6, 6.07) is -0.786. The topological polar surface area (TPSA) is 89.3 Å². The van der Waals surface area contributed by atoms with Gasteiger partial charge in [0.25, 0.3) is 0 Å². The van der Waals surface area contributed by atoms with Crippen LogP contribution in [0.2, 0.25) is 0 Å². The Hall–Kier alpha value is 0.0900. The van der Waals surface area contributed by atoms with E-state index in [0.29, 0.717) is 12.3 Å². The van der Waals surface area contributed by atoms with Crippen molar-refractivity contribution in [2.75, 3.05) is 12.3 Å². The molecule has 0 amide bonds. The minimum atomic E-state index is -0.960. The molecule has 0 saturated heterocycles. The van der Waals surface area contributed by atoms with Gasteiger partial charge in [0.1, 0.15) is 6.04 Å². The van der Waals surface area contributed by atoms with Gasteiger partial charge in [-0.15, -0.1) is 0 Å². The summed E-state index contributed by atoms with van der Waals surface area (Å²) in [7, 11) is 3.02. The number of nitrogens with two attached hydrogens (primary N) is 2. The summed E-state index contributed by atoms with van der Waals surface area (Å²) in [5.74, 6) is -0.553. The van der Waals surface area contributed by atoms with Gasteiger partial charge in [0, 0.05) is 17.0 Å². The Labute approximate surface area is 86.2 Å². The first-order valence-electron chi connectivity index (χ1n) is 3.88. The molecule has 0 fully saturated rings. The zero-order valence-electron chi connectivity index (χ0n) is 7.82. The van der Waals surface area contributed by atoms with Gasteiger partial charge in [-0.2, -0.15) is 0 Å². The summed E-state index contributed by atoms with van der Waals surface area (Å²) in [6.45, 7) is 4.58. The van der Waals surface area contributed by atoms with Crippen LogP contribution in [-0.4, -0.2) is 34.2 Å². The molecule has 0 bridgehead atoms. The molecule has 0 aromatic rings. The van der Waals surface area contributed by atoms with Crippen LogP contribution >= 0.6 is 21.6 Å². The van der Waals surface area contributed by atoms with Gasteiger partial charge < -0.3 is 16.6 Å². The maximum absolute atomic E-state index is 10.4. The number of hydrogen-bond donors (Lipinski definition) is 3. The molecule has 0 aliphatic heterocycles. The van der Waals surface area contributed by atoms with Gasteiger partial charge in [-0.25, -0.2) is 0 Å². The van der Waals surface area contributed by atoms with Gasteiger partial charge >= 0.3 is 5.97 Å². The Balaban J connectivity index is 3.62. The molecule has 0 radical (unpaired) electrons. The highest BCUT2D eigenvalue weighted by Crippen LogP contribution is 2.34. The van der Waals surface area contributed by atoms with Crippen LogP contribution in [0.4, 0.5) is 0 Å². The van der Waals surface area contributed by atoms with Crippen molar-refractivity contribution in [1.82, 2.24) is 0 Å². The third-order valence-electron chi connectivity index (χ3n) is 1.34. The lowest BCUT2D eigenvalue weighted by atomic mass is 10.2. The molecule has 0 aliphatic rings. The predicted octanol–water partition coefficient (Wildman–Crippen LogP) is 0.517. The Kier molecular flexibility index (Phi) is 5.78. The van der Waals surface area contributed by atoms with E-state index in [2.05, 4.69) is 0 Å². The van der Waals surface area contributed by atoms with Gasteiger partial charge in [0.15, 0.2) is 0 Å². The fourth-order valence-electron chi connectivity index (χ4n) is 0.372. The molecule has 0 aromatic heterocycles. The molecule has 1 unspecified atom stereocenters. The molecule has 78 valence electrons. The van der Waals surface area contributed by atoms with Crippen LogP contribution in [0, 0.1) is 0 Å². The maximum Gasteiger partial charge on any atom is 0.321 e. The summed E-state index contributed by atoms with van der Waals surface area (Å²) in [5, 5.41) is 8.50. The Morgan fingerprint density at radius 3 is 2.54 bits per heavy atom. The highest BCUT2D eigenvalue weighted by Gasteiger charge is 2.18. The highest BCUT2D eigenvalue weighted by molar-refractivity contribution is 8.77. The van der Waals surface area contributed by atoms with Gasteiger partial charge in [-0.1, -0.05) is 21.6 Å². The standard InChI is InChI=1S/C7H16N2O2S2/c1-7(2,4-8)13-12-3-5(9)6(10)11/h5H,3-4,8-9H2,1-2H3,(H,10,11). The van der Waals surface area contributed by atoms with Gasteiger partial charge in [0.05, 0.1) is 0 Å². The molecule has 0 saturated carbocycles. The van der Waals surface area contributed by atoms with E-state index in [1.165, 1.54) is 10.8 Å². The van der Waals surface area contributed by atoms with Crippen LogP contribution < -0.4 is 11.5 Å². The van der Waals surface area contributed by atoms with E-state index in [1.807, 2.05) is 13.8 Å². The van der Waals surface area contributed by atoms with Gasteiger partial charge in [-0.3, -0.25) is 4.79 Å². The Morgan fingerprint density at radius 2 is 2.15 bits per heavy atom. The minimum absolute atomic E-state index is 0.0249. The van der Waals surface area contributed by atoms with Crippen molar-refractivity contribution in [3.8, 4) is 0 Å². The van der Waals surface area contributed by atoms with Crippen LogP contribution in [0.15, 0.2) is 0 Å². The number of hydrogen-bond acceptors (Lipinski definition) is 5. The third-order valence-corrected chi connectivity index (χ3v) is 4.69. The van der Waals surface area contributed by atoms with E-state index in [9.17, 15) is 4.79 Å². The van der Waals surface area contributed by atoms with Crippen molar-refractivity contribution in [3.63, 3.8) is 0 Å². The zero-order valence-corrected chi connectivity index (χ0v) is 9.45. The molecule has 0 aromatic carbocycles. The predicted molar refractivity (Wildman–Crippen MR) is 58.8 cm³/mol. The maximum atomic E-state index is 10.4. The zero-order chi connectivity index (χ0) is 10.5. The molecular formula is C7H16N2O2S2. The average molecular weight is 224 g/mol. The van der Waals surface area contributed by atoms with E-state index in [4.69, 9.17) is 16.6 Å². The number of carbonyl (C=O) groups is 1. The van der Waals surface area contributed by atoms with Crippen LogP contribution in [0.5, 0.6) is 0 Å². The Bertz CT molecular complexity index is 176. The summed E-state index contributed by atoms with van der Waals surface area (Å²) >= 11 is 0. The molecule has 0 aliphatic carbocycles. The van der Waals surface area contributed by atoms with Crippen molar-refractivity contribution in [3.05, 3.63) is 0 Å². The number of aliphatic carboxylic acids is 1. The molecule has 4 nitrogen and oxygen atoms in total. The van der Waals surface area contributed by atoms with Crippen molar-refractivity contribution in [1.29, 1.82) is 0 Å². The van der Waals surface area contributed by atoms with Crippen LogP contribution in [0.1, 0.15) is 13.8 Å². The van der Waals surface area contributed by atoms with E-state index in [0.717, 1.165) is 0 Å². The summed E-state index contributed by atoms with van der Waals surface area (Å²) in [4.78, 5) is 10.4. The smallest absolute Gasteiger partial charge is 0.321 e. The molecule has 6 heteroatoms. The molecule has 0 heterocycles. The summed E-state index contributed by atoms with van der Waals surface area (Å²) < 4.78 is -0.0249. The average Bonchev–Trinajstić information content (AvgIpc) is 2.04. The quantitative estimate of drug-likeness (QED) is 0.570.